The highest BCUT2D eigenvalue weighted by atomic mass is 19.1. The summed E-state index contributed by atoms with van der Waals surface area (Å²) in [4.78, 5) is 13.4. The highest BCUT2D eigenvalue weighted by Crippen LogP contribution is 2.20. The van der Waals surface area contributed by atoms with E-state index < -0.39 is 23.2 Å². The van der Waals surface area contributed by atoms with E-state index >= 15 is 0 Å². The maximum atomic E-state index is 13.3. The van der Waals surface area contributed by atoms with Crippen molar-refractivity contribution in [3.8, 4) is 0 Å². The molecule has 1 aromatic rings. The van der Waals surface area contributed by atoms with Crippen LogP contribution in [0.25, 0.3) is 0 Å². The van der Waals surface area contributed by atoms with Gasteiger partial charge in [-0.25, -0.2) is 8.78 Å². The molecule has 0 aromatic heterocycles. The maximum absolute atomic E-state index is 13.3. The average molecular weight is 256 g/mol. The molecule has 18 heavy (non-hydrogen) atoms. The minimum Gasteiger partial charge on any atom is -0.394 e. The largest absolute Gasteiger partial charge is 0.394 e. The third kappa shape index (κ3) is 3.42. The van der Waals surface area contributed by atoms with Gasteiger partial charge in [0.1, 0.15) is 17.3 Å². The first-order valence-corrected chi connectivity index (χ1v) is 5.62. The third-order valence-electron chi connectivity index (χ3n) is 2.38. The summed E-state index contributed by atoms with van der Waals surface area (Å²) in [5.74, 6) is -2.26. The number of benzene rings is 1. The highest BCUT2D eigenvalue weighted by Gasteiger charge is 2.20. The Labute approximate surface area is 106 Å². The Bertz CT molecular complexity index is 444. The molecule has 3 nitrogen and oxygen atoms in total. The minimum absolute atomic E-state index is 0.0362. The molecule has 1 rings (SSSR count). The lowest BCUT2D eigenvalue weighted by atomic mass is 9.96. The van der Waals surface area contributed by atoms with Gasteiger partial charge in [-0.15, -0.1) is 0 Å². The molecule has 0 heterocycles. The van der Waals surface area contributed by atoms with Gasteiger partial charge in [-0.1, -0.05) is 20.8 Å². The van der Waals surface area contributed by atoms with Gasteiger partial charge in [0.15, 0.2) is 0 Å². The van der Waals surface area contributed by atoms with E-state index in [2.05, 4.69) is 0 Å². The monoisotopic (exact) mass is 256 g/mol. The predicted octanol–water partition coefficient (Wildman–Crippen LogP) is 2.67. The normalized spacial score (nSPS) is 11.4. The van der Waals surface area contributed by atoms with Crippen LogP contribution in [0.3, 0.4) is 0 Å². The first kappa shape index (κ1) is 14.4. The summed E-state index contributed by atoms with van der Waals surface area (Å²) in [7, 11) is 1.60. The predicted molar refractivity (Wildman–Crippen MR) is 67.2 cm³/mol. The van der Waals surface area contributed by atoms with Crippen LogP contribution in [0.15, 0.2) is 12.1 Å². The van der Waals surface area contributed by atoms with Gasteiger partial charge in [-0.05, 0) is 17.5 Å². The summed E-state index contributed by atoms with van der Waals surface area (Å²) in [5.41, 5.74) is 4.46. The van der Waals surface area contributed by atoms with E-state index in [1.165, 1.54) is 4.90 Å². The van der Waals surface area contributed by atoms with Crippen molar-refractivity contribution in [2.45, 2.75) is 20.8 Å². The molecule has 5 heteroatoms. The molecular weight excluding hydrogens is 238 g/mol. The fraction of sp³-hybridized carbons (Fsp3) is 0.462. The van der Waals surface area contributed by atoms with Gasteiger partial charge in [-0.3, -0.25) is 4.79 Å². The van der Waals surface area contributed by atoms with Crippen LogP contribution in [0.1, 0.15) is 31.1 Å². The van der Waals surface area contributed by atoms with E-state index in [1.807, 2.05) is 20.8 Å². The highest BCUT2D eigenvalue weighted by molar-refractivity contribution is 5.94. The number of carbonyl (C=O) groups excluding carboxylic acids is 1. The van der Waals surface area contributed by atoms with E-state index in [1.54, 1.807) is 7.05 Å². The second-order valence-corrected chi connectivity index (χ2v) is 5.58. The molecule has 0 saturated heterocycles. The average Bonchev–Trinajstić information content (AvgIpc) is 2.21. The number of anilines is 1. The number of hydrogen-bond acceptors (Lipinski definition) is 2. The van der Waals surface area contributed by atoms with Gasteiger partial charge in [0.05, 0.1) is 0 Å². The number of amides is 1. The van der Waals surface area contributed by atoms with E-state index in [9.17, 15) is 13.6 Å². The molecule has 0 aliphatic heterocycles. The molecule has 0 bridgehead atoms. The molecule has 1 amide bonds. The summed E-state index contributed by atoms with van der Waals surface area (Å²) in [6.45, 7) is 6.40. The first-order valence-electron chi connectivity index (χ1n) is 5.62. The zero-order valence-electron chi connectivity index (χ0n) is 11.1. The maximum Gasteiger partial charge on any atom is 0.253 e. The van der Waals surface area contributed by atoms with Crippen molar-refractivity contribution in [1.29, 1.82) is 0 Å². The molecule has 0 aliphatic carbocycles. The number of rotatable bonds is 2. The van der Waals surface area contributed by atoms with Crippen LogP contribution in [0.5, 0.6) is 0 Å². The van der Waals surface area contributed by atoms with Crippen LogP contribution in [0.4, 0.5) is 14.5 Å². The lowest BCUT2D eigenvalue weighted by Crippen LogP contribution is -2.34. The fourth-order valence-electron chi connectivity index (χ4n) is 1.71. The molecule has 0 unspecified atom stereocenters. The van der Waals surface area contributed by atoms with Crippen molar-refractivity contribution in [1.82, 2.24) is 4.90 Å². The topological polar surface area (TPSA) is 46.3 Å². The number of nitrogen functional groups attached to an aromatic ring is 1. The van der Waals surface area contributed by atoms with E-state index in [0.717, 1.165) is 12.1 Å². The molecule has 0 fully saturated rings. The van der Waals surface area contributed by atoms with Gasteiger partial charge >= 0.3 is 0 Å². The minimum atomic E-state index is -0.914. The van der Waals surface area contributed by atoms with Gasteiger partial charge in [0, 0.05) is 19.2 Å². The van der Waals surface area contributed by atoms with E-state index in [-0.39, 0.29) is 11.0 Å². The van der Waals surface area contributed by atoms with Gasteiger partial charge in [-0.2, -0.15) is 0 Å². The van der Waals surface area contributed by atoms with Crippen molar-refractivity contribution in [2.75, 3.05) is 19.3 Å². The Balaban J connectivity index is 2.98. The molecule has 0 aliphatic rings. The molecule has 0 radical (unpaired) electrons. The van der Waals surface area contributed by atoms with Crippen LogP contribution in [-0.4, -0.2) is 24.4 Å². The van der Waals surface area contributed by atoms with Crippen LogP contribution in [-0.2, 0) is 0 Å². The second-order valence-electron chi connectivity index (χ2n) is 5.58. The number of nitrogens with two attached hydrogens (primary N) is 1. The van der Waals surface area contributed by atoms with Crippen LogP contribution < -0.4 is 5.73 Å². The first-order chi connectivity index (χ1) is 8.11. The van der Waals surface area contributed by atoms with Crippen LogP contribution in [0.2, 0.25) is 0 Å². The van der Waals surface area contributed by atoms with Crippen molar-refractivity contribution in [3.63, 3.8) is 0 Å². The number of hydrogen-bond donors (Lipinski definition) is 1. The smallest absolute Gasteiger partial charge is 0.253 e. The molecule has 0 spiro atoms. The molecule has 1 aromatic carbocycles. The van der Waals surface area contributed by atoms with Crippen molar-refractivity contribution < 1.29 is 13.6 Å². The molecule has 0 atom stereocenters. The van der Waals surface area contributed by atoms with Gasteiger partial charge < -0.3 is 10.6 Å². The Morgan fingerprint density at radius 2 is 1.72 bits per heavy atom. The molecule has 0 saturated carbocycles. The summed E-state index contributed by atoms with van der Waals surface area (Å²) in [5, 5.41) is 0. The Morgan fingerprint density at radius 3 is 2.11 bits per heavy atom. The lowest BCUT2D eigenvalue weighted by Gasteiger charge is -2.26. The number of nitrogens with zero attached hydrogens (tertiary/aromatic N) is 1. The zero-order valence-corrected chi connectivity index (χ0v) is 11.1. The molecule has 100 valence electrons. The van der Waals surface area contributed by atoms with E-state index in [4.69, 9.17) is 5.73 Å². The Morgan fingerprint density at radius 1 is 1.28 bits per heavy atom. The summed E-state index contributed by atoms with van der Waals surface area (Å²) in [6, 6.07) is 1.92. The zero-order chi connectivity index (χ0) is 14.1. The molecular formula is C13H18F2N2O. The summed E-state index contributed by atoms with van der Waals surface area (Å²) >= 11 is 0. The van der Waals surface area contributed by atoms with Crippen molar-refractivity contribution >= 4 is 11.6 Å². The third-order valence-corrected chi connectivity index (χ3v) is 2.38. The van der Waals surface area contributed by atoms with E-state index in [0.29, 0.717) is 6.54 Å². The van der Waals surface area contributed by atoms with Gasteiger partial charge in [0.2, 0.25) is 0 Å². The number of carbonyl (C=O) groups is 1. The fourth-order valence-corrected chi connectivity index (χ4v) is 1.71. The van der Waals surface area contributed by atoms with Crippen LogP contribution >= 0.6 is 0 Å². The SMILES string of the molecule is CN(CC(C)(C)C)C(=O)c1cc(F)c(N)c(F)c1. The quantitative estimate of drug-likeness (QED) is 0.827. The molecule has 2 N–H and O–H groups in total. The Kier molecular flexibility index (Phi) is 3.94. The van der Waals surface area contributed by atoms with Crippen molar-refractivity contribution in [3.05, 3.63) is 29.3 Å². The second kappa shape index (κ2) is 4.92. The summed E-state index contributed by atoms with van der Waals surface area (Å²) in [6.07, 6.45) is 0. The van der Waals surface area contributed by atoms with Gasteiger partial charge in [0.25, 0.3) is 5.91 Å². The lowest BCUT2D eigenvalue weighted by molar-refractivity contribution is 0.0744. The van der Waals surface area contributed by atoms with Crippen LogP contribution in [0, 0.1) is 17.0 Å². The standard InChI is InChI=1S/C13H18F2N2O/c1-13(2,3)7-17(4)12(18)8-5-9(14)11(16)10(15)6-8/h5-6H,7,16H2,1-4H3. The Hall–Kier alpha value is -1.65. The summed E-state index contributed by atoms with van der Waals surface area (Å²) < 4.78 is 26.5. The van der Waals surface area contributed by atoms with Crippen molar-refractivity contribution in [2.24, 2.45) is 5.41 Å². The number of halogens is 2.